The van der Waals surface area contributed by atoms with E-state index >= 15 is 0 Å². The van der Waals surface area contributed by atoms with Gasteiger partial charge in [-0.15, -0.1) is 0 Å². The van der Waals surface area contributed by atoms with Crippen LogP contribution in [0.5, 0.6) is 0 Å². The van der Waals surface area contributed by atoms with Gasteiger partial charge in [0.1, 0.15) is 0 Å². The molecular weight excluding hydrogens is 508 g/mol. The summed E-state index contributed by atoms with van der Waals surface area (Å²) in [4.78, 5) is 0. The van der Waals surface area contributed by atoms with Crippen molar-refractivity contribution in [2.75, 3.05) is 10.6 Å². The molecule has 42 heavy (non-hydrogen) atoms. The fraction of sp³-hybridized carbons (Fsp3) is 0. The molecule has 2 heteroatoms. The maximum atomic E-state index is 3.81. The van der Waals surface area contributed by atoms with Crippen LogP contribution in [0.15, 0.2) is 170 Å². The second kappa shape index (κ2) is 11.5. The van der Waals surface area contributed by atoms with Gasteiger partial charge < -0.3 is 10.6 Å². The molecule has 0 radical (unpaired) electrons. The summed E-state index contributed by atoms with van der Waals surface area (Å²) in [5, 5.41) is 9.97. The van der Waals surface area contributed by atoms with Crippen molar-refractivity contribution < 1.29 is 0 Å². The summed E-state index contributed by atoms with van der Waals surface area (Å²) in [5.41, 5.74) is 11.3. The number of fused-ring (bicyclic) bond motifs is 1. The summed E-state index contributed by atoms with van der Waals surface area (Å²) in [5.74, 6) is 0. The van der Waals surface area contributed by atoms with Crippen LogP contribution in [0, 0.1) is 0 Å². The van der Waals surface area contributed by atoms with Gasteiger partial charge in [-0.05, 0) is 58.0 Å². The largest absolute Gasteiger partial charge is 0.355 e. The van der Waals surface area contributed by atoms with E-state index in [9.17, 15) is 0 Å². The second-order valence-electron chi connectivity index (χ2n) is 10.4. The van der Waals surface area contributed by atoms with Crippen molar-refractivity contribution in [3.05, 3.63) is 170 Å². The highest BCUT2D eigenvalue weighted by Gasteiger charge is 2.18. The Kier molecular flexibility index (Phi) is 6.94. The Labute approximate surface area is 246 Å². The lowest BCUT2D eigenvalue weighted by atomic mass is 9.91. The van der Waals surface area contributed by atoms with E-state index in [1.54, 1.807) is 0 Å². The zero-order valence-corrected chi connectivity index (χ0v) is 23.2. The maximum Gasteiger partial charge on any atom is 0.0471 e. The molecule has 0 saturated heterocycles. The summed E-state index contributed by atoms with van der Waals surface area (Å²) in [6.07, 6.45) is 0. The van der Waals surface area contributed by atoms with Gasteiger partial charge in [-0.3, -0.25) is 0 Å². The van der Waals surface area contributed by atoms with Gasteiger partial charge in [-0.25, -0.2) is 0 Å². The molecule has 7 rings (SSSR count). The van der Waals surface area contributed by atoms with Crippen molar-refractivity contribution in [3.8, 4) is 33.4 Å². The number of hydrogen-bond donors (Lipinski definition) is 2. The Bertz CT molecular complexity index is 1940. The van der Waals surface area contributed by atoms with Gasteiger partial charge in [0.2, 0.25) is 0 Å². The normalized spacial score (nSPS) is 10.9. The fourth-order valence-electron chi connectivity index (χ4n) is 5.63. The van der Waals surface area contributed by atoms with Crippen molar-refractivity contribution in [2.24, 2.45) is 0 Å². The molecule has 7 aromatic carbocycles. The molecule has 2 nitrogen and oxygen atoms in total. The van der Waals surface area contributed by atoms with Crippen LogP contribution >= 0.6 is 0 Å². The fourth-order valence-corrected chi connectivity index (χ4v) is 5.63. The van der Waals surface area contributed by atoms with E-state index in [2.05, 4.69) is 174 Å². The number of nitrogens with one attached hydrogen (secondary N) is 2. The van der Waals surface area contributed by atoms with E-state index in [1.165, 1.54) is 21.9 Å². The van der Waals surface area contributed by atoms with Gasteiger partial charge in [-0.2, -0.15) is 0 Å². The quantitative estimate of drug-likeness (QED) is 0.211. The number of hydrogen-bond acceptors (Lipinski definition) is 2. The first-order chi connectivity index (χ1) is 20.8. The second-order valence-corrected chi connectivity index (χ2v) is 10.4. The van der Waals surface area contributed by atoms with Gasteiger partial charge in [0.15, 0.2) is 0 Å². The zero-order chi connectivity index (χ0) is 28.1. The molecule has 0 fully saturated rings. The van der Waals surface area contributed by atoms with E-state index in [0.717, 1.165) is 45.0 Å². The predicted molar refractivity (Wildman–Crippen MR) is 180 cm³/mol. The first-order valence-electron chi connectivity index (χ1n) is 14.3. The van der Waals surface area contributed by atoms with E-state index in [-0.39, 0.29) is 0 Å². The van der Waals surface area contributed by atoms with Crippen LogP contribution in [-0.4, -0.2) is 0 Å². The SMILES string of the molecule is c1ccc(-c2ccc(Nc3ccc(Nc4cccc5ccccc45)c(-c4ccccc4)c3-c3ccccc3)cc2)cc1. The Morgan fingerprint density at radius 3 is 1.38 bits per heavy atom. The number of benzene rings is 7. The third-order valence-electron chi connectivity index (χ3n) is 7.66. The van der Waals surface area contributed by atoms with Gasteiger partial charge in [0.25, 0.3) is 0 Å². The van der Waals surface area contributed by atoms with Crippen molar-refractivity contribution in [3.63, 3.8) is 0 Å². The lowest BCUT2D eigenvalue weighted by Gasteiger charge is -2.22. The van der Waals surface area contributed by atoms with E-state index < -0.39 is 0 Å². The Balaban J connectivity index is 1.37. The molecule has 200 valence electrons. The summed E-state index contributed by atoms with van der Waals surface area (Å²) < 4.78 is 0. The molecule has 0 aliphatic carbocycles. The first kappa shape index (κ1) is 25.4. The highest BCUT2D eigenvalue weighted by atomic mass is 14.9. The van der Waals surface area contributed by atoms with Crippen molar-refractivity contribution in [1.82, 2.24) is 0 Å². The standard InChI is InChI=1S/C40H30N2/c1-4-13-29(14-5-1)30-23-25-34(26-24-30)41-37-27-28-38(42-36-22-12-20-31-15-10-11-21-35(31)36)40(33-18-8-3-9-19-33)39(37)32-16-6-2-7-17-32/h1-28,41-42H. The van der Waals surface area contributed by atoms with E-state index in [4.69, 9.17) is 0 Å². The van der Waals surface area contributed by atoms with Crippen LogP contribution in [0.3, 0.4) is 0 Å². The monoisotopic (exact) mass is 538 g/mol. The van der Waals surface area contributed by atoms with Crippen LogP contribution in [0.2, 0.25) is 0 Å². The van der Waals surface area contributed by atoms with E-state index in [1.807, 2.05) is 6.07 Å². The highest BCUT2D eigenvalue weighted by molar-refractivity contribution is 6.03. The van der Waals surface area contributed by atoms with Gasteiger partial charge >= 0.3 is 0 Å². The molecule has 0 aliphatic heterocycles. The van der Waals surface area contributed by atoms with Crippen LogP contribution in [0.1, 0.15) is 0 Å². The first-order valence-corrected chi connectivity index (χ1v) is 14.3. The lowest BCUT2D eigenvalue weighted by Crippen LogP contribution is -2.01. The van der Waals surface area contributed by atoms with Gasteiger partial charge in [0, 0.05) is 39.3 Å². The molecule has 2 N–H and O–H groups in total. The molecule has 0 atom stereocenters. The minimum atomic E-state index is 1.04. The van der Waals surface area contributed by atoms with Gasteiger partial charge in [-0.1, -0.05) is 140 Å². The smallest absolute Gasteiger partial charge is 0.0471 e. The maximum absolute atomic E-state index is 3.81. The number of anilines is 4. The van der Waals surface area contributed by atoms with Crippen LogP contribution < -0.4 is 10.6 Å². The van der Waals surface area contributed by atoms with Crippen molar-refractivity contribution in [1.29, 1.82) is 0 Å². The topological polar surface area (TPSA) is 24.1 Å². The highest BCUT2D eigenvalue weighted by Crippen LogP contribution is 2.45. The van der Waals surface area contributed by atoms with Crippen LogP contribution in [0.25, 0.3) is 44.2 Å². The molecule has 7 aromatic rings. The Morgan fingerprint density at radius 1 is 0.286 bits per heavy atom. The minimum absolute atomic E-state index is 1.04. The summed E-state index contributed by atoms with van der Waals surface area (Å²) in [7, 11) is 0. The zero-order valence-electron chi connectivity index (χ0n) is 23.2. The molecule has 0 unspecified atom stereocenters. The predicted octanol–water partition coefficient (Wildman–Crippen LogP) is 11.3. The molecular formula is C40H30N2. The Hall–Kier alpha value is -5.60. The molecule has 0 bridgehead atoms. The summed E-state index contributed by atoms with van der Waals surface area (Å²) in [6.45, 7) is 0. The average Bonchev–Trinajstić information content (AvgIpc) is 3.07. The summed E-state index contributed by atoms with van der Waals surface area (Å²) >= 11 is 0. The van der Waals surface area contributed by atoms with Crippen molar-refractivity contribution in [2.45, 2.75) is 0 Å². The summed E-state index contributed by atoms with van der Waals surface area (Å²) in [6, 6.07) is 59.8. The molecule has 0 saturated carbocycles. The van der Waals surface area contributed by atoms with E-state index in [0.29, 0.717) is 0 Å². The van der Waals surface area contributed by atoms with Gasteiger partial charge in [0.05, 0.1) is 0 Å². The Morgan fingerprint density at radius 2 is 0.762 bits per heavy atom. The van der Waals surface area contributed by atoms with Crippen LogP contribution in [-0.2, 0) is 0 Å². The molecule has 0 aliphatic rings. The minimum Gasteiger partial charge on any atom is -0.355 e. The third kappa shape index (κ3) is 5.14. The molecule has 0 amide bonds. The molecule has 0 aromatic heterocycles. The van der Waals surface area contributed by atoms with Crippen molar-refractivity contribution >= 4 is 33.5 Å². The van der Waals surface area contributed by atoms with Crippen LogP contribution in [0.4, 0.5) is 22.7 Å². The average molecular weight is 539 g/mol. The molecule has 0 heterocycles. The lowest BCUT2D eigenvalue weighted by molar-refractivity contribution is 1.50. The third-order valence-corrected chi connectivity index (χ3v) is 7.66. The number of rotatable bonds is 7. The molecule has 0 spiro atoms.